The van der Waals surface area contributed by atoms with E-state index in [9.17, 15) is 14.9 Å². The number of rotatable bonds is 5. The molecule has 0 heterocycles. The molecular formula is C17H20N2O4. The number of nitro benzene ring substituents is 1. The zero-order chi connectivity index (χ0) is 16.6. The minimum Gasteiger partial charge on any atom is -0.490 e. The number of carbonyl (C=O) groups excluding carboxylic acids is 1. The largest absolute Gasteiger partial charge is 0.490 e. The van der Waals surface area contributed by atoms with Gasteiger partial charge < -0.3 is 9.64 Å². The number of fused-ring (bicyclic) bond motifs is 2. The number of methoxy groups -OCH3 is 1. The van der Waals surface area contributed by atoms with Crippen molar-refractivity contribution in [3.8, 4) is 5.75 Å². The molecule has 0 unspecified atom stereocenters. The average Bonchev–Trinajstić information content (AvgIpc) is 3.16. The van der Waals surface area contributed by atoms with Gasteiger partial charge in [-0.05, 0) is 36.3 Å². The van der Waals surface area contributed by atoms with Gasteiger partial charge in [-0.25, -0.2) is 0 Å². The Balaban J connectivity index is 1.71. The van der Waals surface area contributed by atoms with E-state index in [-0.39, 0.29) is 23.3 Å². The third kappa shape index (κ3) is 2.93. The molecule has 0 radical (unpaired) electrons. The number of hydrogen-bond donors (Lipinski definition) is 0. The van der Waals surface area contributed by atoms with Crippen LogP contribution in [0.5, 0.6) is 5.75 Å². The Morgan fingerprint density at radius 3 is 2.74 bits per heavy atom. The Labute approximate surface area is 134 Å². The number of nitrogens with zero attached hydrogens (tertiary/aromatic N) is 2. The normalized spacial score (nSPS) is 24.7. The number of nitro groups is 1. The van der Waals surface area contributed by atoms with Gasteiger partial charge in [-0.15, -0.1) is 0 Å². The summed E-state index contributed by atoms with van der Waals surface area (Å²) >= 11 is 0. The second-order valence-electron chi connectivity index (χ2n) is 6.34. The topological polar surface area (TPSA) is 72.7 Å². The lowest BCUT2D eigenvalue weighted by Gasteiger charge is -2.24. The van der Waals surface area contributed by atoms with Crippen molar-refractivity contribution in [2.75, 3.05) is 14.2 Å². The van der Waals surface area contributed by atoms with Crippen LogP contribution in [-0.2, 0) is 11.3 Å². The standard InChI is InChI=1S/C17H20N2O4/c1-18(17(20)14-8-11-3-5-13(14)7-11)10-12-4-6-16(23-2)15(9-12)19(21)22/h3-6,9,11,13-14H,7-8,10H2,1-2H3/t11-,13-,14+/m0/s1. The van der Waals surface area contributed by atoms with Gasteiger partial charge in [0.05, 0.1) is 12.0 Å². The highest BCUT2D eigenvalue weighted by Gasteiger charge is 2.40. The molecule has 2 aliphatic rings. The van der Waals surface area contributed by atoms with Crippen LogP contribution < -0.4 is 4.74 Å². The van der Waals surface area contributed by atoms with E-state index >= 15 is 0 Å². The van der Waals surface area contributed by atoms with Crippen molar-refractivity contribution in [1.82, 2.24) is 4.90 Å². The van der Waals surface area contributed by atoms with Crippen molar-refractivity contribution in [2.24, 2.45) is 17.8 Å². The van der Waals surface area contributed by atoms with E-state index < -0.39 is 4.92 Å². The fourth-order valence-electron chi connectivity index (χ4n) is 3.68. The first-order valence-corrected chi connectivity index (χ1v) is 7.74. The fraction of sp³-hybridized carbons (Fsp3) is 0.471. The molecule has 1 amide bonds. The van der Waals surface area contributed by atoms with Crippen LogP contribution in [0, 0.1) is 27.9 Å². The van der Waals surface area contributed by atoms with Crippen molar-refractivity contribution in [2.45, 2.75) is 19.4 Å². The quantitative estimate of drug-likeness (QED) is 0.476. The molecule has 6 heteroatoms. The second-order valence-corrected chi connectivity index (χ2v) is 6.34. The van der Waals surface area contributed by atoms with E-state index in [4.69, 9.17) is 4.74 Å². The van der Waals surface area contributed by atoms with E-state index in [1.807, 2.05) is 0 Å². The molecule has 0 aliphatic heterocycles. The summed E-state index contributed by atoms with van der Waals surface area (Å²) in [6.07, 6.45) is 6.37. The molecule has 1 saturated carbocycles. The molecular weight excluding hydrogens is 296 g/mol. The van der Waals surface area contributed by atoms with Gasteiger partial charge >= 0.3 is 5.69 Å². The first-order chi connectivity index (χ1) is 11.0. The summed E-state index contributed by atoms with van der Waals surface area (Å²) in [6, 6.07) is 4.81. The highest BCUT2D eigenvalue weighted by atomic mass is 16.6. The molecule has 0 N–H and O–H groups in total. The molecule has 1 fully saturated rings. The Kier molecular flexibility index (Phi) is 4.07. The molecule has 23 heavy (non-hydrogen) atoms. The number of carbonyl (C=O) groups is 1. The first kappa shape index (κ1) is 15.5. The monoisotopic (exact) mass is 316 g/mol. The smallest absolute Gasteiger partial charge is 0.311 e. The highest BCUT2D eigenvalue weighted by molar-refractivity contribution is 5.80. The van der Waals surface area contributed by atoms with Crippen LogP contribution in [0.2, 0.25) is 0 Å². The number of benzene rings is 1. The Morgan fingerprint density at radius 1 is 1.39 bits per heavy atom. The van der Waals surface area contributed by atoms with Crippen molar-refractivity contribution in [3.63, 3.8) is 0 Å². The molecule has 0 aromatic heterocycles. The second kappa shape index (κ2) is 6.02. The van der Waals surface area contributed by atoms with E-state index in [2.05, 4.69) is 12.2 Å². The van der Waals surface area contributed by atoms with Crippen LogP contribution in [-0.4, -0.2) is 29.9 Å². The van der Waals surface area contributed by atoms with E-state index in [1.165, 1.54) is 13.2 Å². The van der Waals surface area contributed by atoms with Crippen LogP contribution in [0.4, 0.5) is 5.69 Å². The lowest BCUT2D eigenvalue weighted by molar-refractivity contribution is -0.385. The Hall–Kier alpha value is -2.37. The summed E-state index contributed by atoms with van der Waals surface area (Å²) in [6.45, 7) is 0.362. The minimum atomic E-state index is -0.467. The van der Waals surface area contributed by atoms with Crippen LogP contribution in [0.25, 0.3) is 0 Å². The summed E-state index contributed by atoms with van der Waals surface area (Å²) in [5.74, 6) is 1.32. The highest BCUT2D eigenvalue weighted by Crippen LogP contribution is 2.44. The number of hydrogen-bond acceptors (Lipinski definition) is 4. The van der Waals surface area contributed by atoms with E-state index in [0.29, 0.717) is 18.4 Å². The van der Waals surface area contributed by atoms with E-state index in [0.717, 1.165) is 18.4 Å². The first-order valence-electron chi connectivity index (χ1n) is 7.74. The predicted octanol–water partition coefficient (Wildman–Crippen LogP) is 2.77. The van der Waals surface area contributed by atoms with E-state index in [1.54, 1.807) is 24.1 Å². The van der Waals surface area contributed by atoms with Crippen molar-refractivity contribution < 1.29 is 14.5 Å². The Morgan fingerprint density at radius 2 is 2.17 bits per heavy atom. The maximum atomic E-state index is 12.6. The van der Waals surface area contributed by atoms with Gasteiger partial charge in [-0.1, -0.05) is 18.2 Å². The van der Waals surface area contributed by atoms with Gasteiger partial charge in [0.25, 0.3) is 0 Å². The van der Waals surface area contributed by atoms with Crippen molar-refractivity contribution in [1.29, 1.82) is 0 Å². The zero-order valence-corrected chi connectivity index (χ0v) is 13.3. The predicted molar refractivity (Wildman–Crippen MR) is 85.0 cm³/mol. The molecule has 3 atom stereocenters. The summed E-state index contributed by atoms with van der Waals surface area (Å²) < 4.78 is 5.00. The molecule has 122 valence electrons. The number of allylic oxidation sites excluding steroid dienone is 2. The van der Waals surface area contributed by atoms with Crippen molar-refractivity contribution >= 4 is 11.6 Å². The molecule has 3 rings (SSSR count). The summed E-state index contributed by atoms with van der Waals surface area (Å²) in [4.78, 5) is 24.9. The lowest BCUT2D eigenvalue weighted by Crippen LogP contribution is -2.34. The van der Waals surface area contributed by atoms with Crippen LogP contribution in [0.15, 0.2) is 30.4 Å². The van der Waals surface area contributed by atoms with Crippen LogP contribution >= 0.6 is 0 Å². The van der Waals surface area contributed by atoms with Crippen LogP contribution in [0.3, 0.4) is 0 Å². The third-order valence-corrected chi connectivity index (χ3v) is 4.83. The number of amides is 1. The molecule has 2 bridgehead atoms. The molecule has 2 aliphatic carbocycles. The van der Waals surface area contributed by atoms with Gasteiger partial charge in [0, 0.05) is 25.6 Å². The third-order valence-electron chi connectivity index (χ3n) is 4.83. The fourth-order valence-corrected chi connectivity index (χ4v) is 3.68. The molecule has 1 aromatic carbocycles. The van der Waals surface area contributed by atoms with Gasteiger partial charge in [0.2, 0.25) is 5.91 Å². The average molecular weight is 316 g/mol. The molecule has 0 spiro atoms. The maximum absolute atomic E-state index is 12.6. The Bertz CT molecular complexity index is 671. The van der Waals surface area contributed by atoms with Gasteiger partial charge in [0.1, 0.15) is 0 Å². The minimum absolute atomic E-state index is 0.0586. The summed E-state index contributed by atoms with van der Waals surface area (Å²) in [5, 5.41) is 11.1. The van der Waals surface area contributed by atoms with Crippen molar-refractivity contribution in [3.05, 3.63) is 46.0 Å². The summed E-state index contributed by atoms with van der Waals surface area (Å²) in [7, 11) is 3.16. The zero-order valence-electron chi connectivity index (χ0n) is 13.3. The number of ether oxygens (including phenoxy) is 1. The maximum Gasteiger partial charge on any atom is 0.311 e. The molecule has 1 aromatic rings. The van der Waals surface area contributed by atoms with Gasteiger partial charge in [-0.2, -0.15) is 0 Å². The van der Waals surface area contributed by atoms with Crippen LogP contribution in [0.1, 0.15) is 18.4 Å². The van der Waals surface area contributed by atoms with Gasteiger partial charge in [0.15, 0.2) is 5.75 Å². The molecule has 0 saturated heterocycles. The lowest BCUT2D eigenvalue weighted by atomic mass is 9.92. The SMILES string of the molecule is COc1ccc(CN(C)C(=O)[C@@H]2C[C@H]3C=C[C@H]2C3)cc1[N+](=O)[O-]. The van der Waals surface area contributed by atoms with Gasteiger partial charge in [-0.3, -0.25) is 14.9 Å². The summed E-state index contributed by atoms with van der Waals surface area (Å²) in [5.41, 5.74) is 0.653. The molecule has 6 nitrogen and oxygen atoms in total.